The summed E-state index contributed by atoms with van der Waals surface area (Å²) in [5.74, 6) is 1.12. The maximum absolute atomic E-state index is 11.8. The Kier molecular flexibility index (Phi) is 5.24. The first kappa shape index (κ1) is 14.6. The molecule has 0 aliphatic heterocycles. The fourth-order valence-electron chi connectivity index (χ4n) is 1.26. The zero-order chi connectivity index (χ0) is 13.6. The highest BCUT2D eigenvalue weighted by molar-refractivity contribution is 5.40. The Labute approximate surface area is 103 Å². The summed E-state index contributed by atoms with van der Waals surface area (Å²) in [4.78, 5) is 4.30. The Hall–Kier alpha value is -1.47. The van der Waals surface area contributed by atoms with Crippen molar-refractivity contribution >= 4 is 0 Å². The van der Waals surface area contributed by atoms with Gasteiger partial charge in [0.15, 0.2) is 6.61 Å². The second-order valence-electron chi connectivity index (χ2n) is 3.40. The number of rotatable bonds is 6. The molecule has 0 spiro atoms. The number of hydrogen-bond donors (Lipinski definition) is 1. The normalized spacial score (nSPS) is 11.4. The van der Waals surface area contributed by atoms with Crippen molar-refractivity contribution in [1.82, 2.24) is 5.48 Å². The largest absolute Gasteiger partial charge is 0.497 e. The molecule has 0 radical (unpaired) electrons. The lowest BCUT2D eigenvalue weighted by Gasteiger charge is -2.12. The van der Waals surface area contributed by atoms with Gasteiger partial charge in [0.2, 0.25) is 0 Å². The number of hydrogen-bond acceptors (Lipinski definition) is 4. The topological polar surface area (TPSA) is 39.7 Å². The molecule has 1 N–H and O–H groups in total. The van der Waals surface area contributed by atoms with E-state index >= 15 is 0 Å². The first-order valence-electron chi connectivity index (χ1n) is 5.08. The minimum Gasteiger partial charge on any atom is -0.497 e. The quantitative estimate of drug-likeness (QED) is 0.632. The molecular weight excluding hydrogens is 251 g/mol. The molecule has 102 valence electrons. The third kappa shape index (κ3) is 4.80. The molecule has 1 aromatic carbocycles. The summed E-state index contributed by atoms with van der Waals surface area (Å²) >= 11 is 0. The van der Waals surface area contributed by atoms with Crippen molar-refractivity contribution in [3.8, 4) is 11.5 Å². The highest BCUT2D eigenvalue weighted by Crippen LogP contribution is 2.24. The average molecular weight is 265 g/mol. The van der Waals surface area contributed by atoms with E-state index in [-0.39, 0.29) is 6.54 Å². The van der Waals surface area contributed by atoms with Gasteiger partial charge in [0.1, 0.15) is 11.5 Å². The predicted molar refractivity (Wildman–Crippen MR) is 58.4 cm³/mol. The fourth-order valence-corrected chi connectivity index (χ4v) is 1.26. The third-order valence-electron chi connectivity index (χ3n) is 2.09. The van der Waals surface area contributed by atoms with E-state index < -0.39 is 12.8 Å². The van der Waals surface area contributed by atoms with E-state index in [1.807, 2.05) is 0 Å². The number of ether oxygens (including phenoxy) is 2. The molecule has 0 aliphatic carbocycles. The van der Waals surface area contributed by atoms with Crippen LogP contribution in [0.25, 0.3) is 0 Å². The third-order valence-corrected chi connectivity index (χ3v) is 2.09. The van der Waals surface area contributed by atoms with Gasteiger partial charge < -0.3 is 9.47 Å². The number of hydroxylamine groups is 1. The van der Waals surface area contributed by atoms with Gasteiger partial charge in [-0.15, -0.1) is 0 Å². The van der Waals surface area contributed by atoms with Gasteiger partial charge in [-0.3, -0.25) is 4.84 Å². The summed E-state index contributed by atoms with van der Waals surface area (Å²) in [5.41, 5.74) is 2.90. The van der Waals surface area contributed by atoms with Gasteiger partial charge in [0.05, 0.1) is 14.2 Å². The van der Waals surface area contributed by atoms with Crippen molar-refractivity contribution in [3.05, 3.63) is 23.8 Å². The minimum absolute atomic E-state index is 0.100. The van der Waals surface area contributed by atoms with Crippen molar-refractivity contribution in [2.75, 3.05) is 20.8 Å². The smallest absolute Gasteiger partial charge is 0.413 e. The van der Waals surface area contributed by atoms with Crippen molar-refractivity contribution in [2.24, 2.45) is 0 Å². The second kappa shape index (κ2) is 6.46. The Morgan fingerprint density at radius 3 is 2.44 bits per heavy atom. The van der Waals surface area contributed by atoms with E-state index in [0.717, 1.165) is 0 Å². The van der Waals surface area contributed by atoms with Gasteiger partial charge in [-0.1, -0.05) is 6.07 Å². The van der Waals surface area contributed by atoms with E-state index in [2.05, 4.69) is 10.3 Å². The van der Waals surface area contributed by atoms with Crippen LogP contribution in [0.5, 0.6) is 11.5 Å². The van der Waals surface area contributed by atoms with Crippen LogP contribution in [0, 0.1) is 0 Å². The molecule has 18 heavy (non-hydrogen) atoms. The Balaban J connectivity index is 2.51. The van der Waals surface area contributed by atoms with Gasteiger partial charge in [0.25, 0.3) is 0 Å². The lowest BCUT2D eigenvalue weighted by Crippen LogP contribution is -2.24. The van der Waals surface area contributed by atoms with Crippen molar-refractivity contribution in [1.29, 1.82) is 0 Å². The zero-order valence-corrected chi connectivity index (χ0v) is 10.0. The number of methoxy groups -OCH3 is 2. The van der Waals surface area contributed by atoms with E-state index in [1.54, 1.807) is 18.2 Å². The van der Waals surface area contributed by atoms with Crippen LogP contribution in [0.15, 0.2) is 18.2 Å². The van der Waals surface area contributed by atoms with Gasteiger partial charge in [-0.25, -0.2) is 0 Å². The maximum Gasteiger partial charge on any atom is 0.413 e. The van der Waals surface area contributed by atoms with Crippen LogP contribution in [0.2, 0.25) is 0 Å². The maximum atomic E-state index is 11.8. The Bertz CT molecular complexity index is 382. The van der Waals surface area contributed by atoms with Gasteiger partial charge in [0, 0.05) is 18.2 Å². The molecule has 0 saturated carbocycles. The highest BCUT2D eigenvalue weighted by Gasteiger charge is 2.27. The van der Waals surface area contributed by atoms with Crippen LogP contribution in [-0.2, 0) is 11.4 Å². The molecule has 0 heterocycles. The summed E-state index contributed by atoms with van der Waals surface area (Å²) < 4.78 is 45.5. The fraction of sp³-hybridized carbons (Fsp3) is 0.455. The van der Waals surface area contributed by atoms with Crippen LogP contribution < -0.4 is 15.0 Å². The monoisotopic (exact) mass is 265 g/mol. The average Bonchev–Trinajstić information content (AvgIpc) is 2.33. The molecule has 4 nitrogen and oxygen atoms in total. The number of benzene rings is 1. The van der Waals surface area contributed by atoms with Gasteiger partial charge >= 0.3 is 6.18 Å². The molecule has 0 saturated heterocycles. The van der Waals surface area contributed by atoms with Crippen LogP contribution in [0.1, 0.15) is 5.56 Å². The highest BCUT2D eigenvalue weighted by atomic mass is 19.4. The van der Waals surface area contributed by atoms with Gasteiger partial charge in [-0.2, -0.15) is 18.7 Å². The predicted octanol–water partition coefficient (Wildman–Crippen LogP) is 2.29. The standard InChI is InChI=1S/C11H14F3NO3/c1-16-9-4-3-8(10(5-9)17-2)6-15-18-7-11(12,13)14/h3-5,15H,6-7H2,1-2H3. The SMILES string of the molecule is COc1ccc(CNOCC(F)(F)F)c(OC)c1. The lowest BCUT2D eigenvalue weighted by molar-refractivity contribution is -0.190. The summed E-state index contributed by atoms with van der Waals surface area (Å²) in [7, 11) is 2.98. The van der Waals surface area contributed by atoms with E-state index in [1.165, 1.54) is 14.2 Å². The summed E-state index contributed by atoms with van der Waals surface area (Å²) in [5, 5.41) is 0. The lowest BCUT2D eigenvalue weighted by atomic mass is 10.2. The molecule has 0 aromatic heterocycles. The molecule has 0 fully saturated rings. The first-order valence-corrected chi connectivity index (χ1v) is 5.08. The van der Waals surface area contributed by atoms with Crippen LogP contribution >= 0.6 is 0 Å². The molecular formula is C11H14F3NO3. The van der Waals surface area contributed by atoms with E-state index in [9.17, 15) is 13.2 Å². The van der Waals surface area contributed by atoms with Crippen LogP contribution in [-0.4, -0.2) is 27.0 Å². The molecule has 1 rings (SSSR count). The van der Waals surface area contributed by atoms with Crippen molar-refractivity contribution < 1.29 is 27.5 Å². The molecule has 0 unspecified atom stereocenters. The van der Waals surface area contributed by atoms with Crippen LogP contribution in [0.3, 0.4) is 0 Å². The second-order valence-corrected chi connectivity index (χ2v) is 3.40. The summed E-state index contributed by atoms with van der Waals surface area (Å²) in [6, 6.07) is 5.01. The summed E-state index contributed by atoms with van der Waals surface area (Å²) in [6.45, 7) is -1.24. The van der Waals surface area contributed by atoms with Gasteiger partial charge in [-0.05, 0) is 6.07 Å². The molecule has 0 bridgehead atoms. The van der Waals surface area contributed by atoms with E-state index in [0.29, 0.717) is 17.1 Å². The zero-order valence-electron chi connectivity index (χ0n) is 10.0. The molecule has 0 aliphatic rings. The molecule has 7 heteroatoms. The van der Waals surface area contributed by atoms with E-state index in [4.69, 9.17) is 9.47 Å². The minimum atomic E-state index is -4.35. The van der Waals surface area contributed by atoms with Crippen molar-refractivity contribution in [3.63, 3.8) is 0 Å². The number of halogens is 3. The molecule has 1 aromatic rings. The Morgan fingerprint density at radius 1 is 1.17 bits per heavy atom. The Morgan fingerprint density at radius 2 is 1.89 bits per heavy atom. The summed E-state index contributed by atoms with van der Waals surface area (Å²) in [6.07, 6.45) is -4.35. The number of alkyl halides is 3. The number of nitrogens with one attached hydrogen (secondary N) is 1. The first-order chi connectivity index (χ1) is 8.46. The molecule has 0 atom stereocenters. The van der Waals surface area contributed by atoms with Crippen LogP contribution in [0.4, 0.5) is 13.2 Å². The van der Waals surface area contributed by atoms with Crippen molar-refractivity contribution in [2.45, 2.75) is 12.7 Å². The molecule has 0 amide bonds.